The van der Waals surface area contributed by atoms with E-state index in [9.17, 15) is 14.3 Å². The van der Waals surface area contributed by atoms with E-state index >= 15 is 0 Å². The Kier molecular flexibility index (Phi) is 4.12. The maximum Gasteiger partial charge on any atom is 0.298 e. The van der Waals surface area contributed by atoms with E-state index in [4.69, 9.17) is 0 Å². The third-order valence-corrected chi connectivity index (χ3v) is 3.79. The monoisotopic (exact) mass is 325 g/mol. The summed E-state index contributed by atoms with van der Waals surface area (Å²) in [5.41, 5.74) is 1.75. The van der Waals surface area contributed by atoms with Gasteiger partial charge in [0.1, 0.15) is 5.82 Å². The number of hydrogen-bond acceptors (Lipinski definition) is 3. The third kappa shape index (κ3) is 2.90. The summed E-state index contributed by atoms with van der Waals surface area (Å²) in [6.45, 7) is 4.10. The van der Waals surface area contributed by atoms with Gasteiger partial charge in [0, 0.05) is 5.39 Å². The second-order valence-corrected chi connectivity index (χ2v) is 5.77. The second-order valence-electron chi connectivity index (χ2n) is 5.77. The van der Waals surface area contributed by atoms with Gasteiger partial charge in [-0.3, -0.25) is 4.79 Å². The lowest BCUT2D eigenvalue weighted by molar-refractivity contribution is 0.0991. The highest BCUT2D eigenvalue weighted by atomic mass is 19.1. The molecule has 0 aliphatic heterocycles. The van der Waals surface area contributed by atoms with E-state index in [2.05, 4.69) is 29.1 Å². The second kappa shape index (κ2) is 6.23. The molecule has 1 aromatic heterocycles. The molecule has 0 aliphatic rings. The van der Waals surface area contributed by atoms with Crippen molar-refractivity contribution in [3.05, 3.63) is 59.4 Å². The summed E-state index contributed by atoms with van der Waals surface area (Å²) < 4.78 is 13.6. The molecule has 0 aliphatic carbocycles. The van der Waals surface area contributed by atoms with Crippen molar-refractivity contribution in [2.45, 2.75) is 19.8 Å². The van der Waals surface area contributed by atoms with E-state index in [1.165, 1.54) is 18.2 Å². The van der Waals surface area contributed by atoms with Crippen molar-refractivity contribution in [3.63, 3.8) is 0 Å². The lowest BCUT2D eigenvalue weighted by atomic mass is 10.0. The Labute approximate surface area is 137 Å². The molecule has 3 aromatic rings. The van der Waals surface area contributed by atoms with E-state index < -0.39 is 11.7 Å². The number of carbonyl (C=O) groups excluding carboxylic acids is 1. The number of hydrogen-bond donors (Lipinski definition) is 2. The number of halogens is 1. The van der Waals surface area contributed by atoms with Crippen molar-refractivity contribution in [1.29, 1.82) is 0 Å². The standard InChI is InChI=1S/C18H16FN3O2/c1-10(2)11-7-8-15-13(9-11)16(18(24)20-15)21-22-17(23)12-5-3-4-6-14(12)19/h3-10,20,24H,1-2H3. The molecule has 0 atom stereocenters. The highest BCUT2D eigenvalue weighted by Crippen LogP contribution is 2.37. The number of aromatic amines is 1. The molecule has 0 bridgehead atoms. The fraction of sp³-hybridized carbons (Fsp3) is 0.167. The third-order valence-electron chi connectivity index (χ3n) is 3.79. The van der Waals surface area contributed by atoms with Crippen LogP contribution in [-0.4, -0.2) is 16.0 Å². The molecule has 0 unspecified atom stereocenters. The Morgan fingerprint density at radius 3 is 2.67 bits per heavy atom. The number of nitrogens with zero attached hydrogens (tertiary/aromatic N) is 2. The SMILES string of the molecule is CC(C)c1ccc2[nH]c(O)c(N=NC(=O)c3ccccc3F)c2c1. The zero-order valence-electron chi connectivity index (χ0n) is 13.2. The van der Waals surface area contributed by atoms with Crippen molar-refractivity contribution >= 4 is 22.5 Å². The van der Waals surface area contributed by atoms with Crippen LogP contribution in [0.4, 0.5) is 10.1 Å². The van der Waals surface area contributed by atoms with Crippen molar-refractivity contribution < 1.29 is 14.3 Å². The molecule has 0 fully saturated rings. The van der Waals surface area contributed by atoms with Crippen molar-refractivity contribution in [1.82, 2.24) is 4.98 Å². The molecule has 122 valence electrons. The highest BCUT2D eigenvalue weighted by molar-refractivity contribution is 5.97. The summed E-state index contributed by atoms with van der Waals surface area (Å²) in [5, 5.41) is 18.1. The maximum atomic E-state index is 13.6. The van der Waals surface area contributed by atoms with Crippen LogP contribution in [0.1, 0.15) is 35.7 Å². The Hall–Kier alpha value is -3.02. The molecule has 2 N–H and O–H groups in total. The van der Waals surface area contributed by atoms with Gasteiger partial charge in [0.2, 0.25) is 5.88 Å². The van der Waals surface area contributed by atoms with Gasteiger partial charge in [-0.2, -0.15) is 0 Å². The fourth-order valence-electron chi connectivity index (χ4n) is 2.43. The summed E-state index contributed by atoms with van der Waals surface area (Å²) in [6.07, 6.45) is 0. The lowest BCUT2D eigenvalue weighted by Crippen LogP contribution is -1.97. The first-order valence-electron chi connectivity index (χ1n) is 7.52. The molecule has 5 nitrogen and oxygen atoms in total. The molecule has 1 amide bonds. The highest BCUT2D eigenvalue weighted by Gasteiger charge is 2.14. The molecule has 3 rings (SSSR count). The zero-order chi connectivity index (χ0) is 17.3. The number of rotatable bonds is 3. The number of carbonyl (C=O) groups is 1. The number of aromatic nitrogens is 1. The van der Waals surface area contributed by atoms with Crippen LogP contribution in [0.5, 0.6) is 5.88 Å². The average Bonchev–Trinajstić information content (AvgIpc) is 2.87. The van der Waals surface area contributed by atoms with Crippen LogP contribution in [-0.2, 0) is 0 Å². The van der Waals surface area contributed by atoms with Crippen molar-refractivity contribution in [3.8, 4) is 5.88 Å². The van der Waals surface area contributed by atoms with E-state index in [0.717, 1.165) is 5.56 Å². The first-order valence-corrected chi connectivity index (χ1v) is 7.52. The van der Waals surface area contributed by atoms with Gasteiger partial charge in [-0.15, -0.1) is 10.2 Å². The average molecular weight is 325 g/mol. The number of H-pyrrole nitrogens is 1. The Morgan fingerprint density at radius 2 is 1.96 bits per heavy atom. The van der Waals surface area contributed by atoms with Crippen LogP contribution in [0, 0.1) is 5.82 Å². The molecule has 0 spiro atoms. The zero-order valence-corrected chi connectivity index (χ0v) is 13.2. The Morgan fingerprint density at radius 1 is 1.21 bits per heavy atom. The molecule has 24 heavy (non-hydrogen) atoms. The van der Waals surface area contributed by atoms with E-state index in [1.807, 2.05) is 18.2 Å². The van der Waals surface area contributed by atoms with E-state index in [0.29, 0.717) is 16.8 Å². The van der Waals surface area contributed by atoms with Crippen molar-refractivity contribution in [2.75, 3.05) is 0 Å². The fourth-order valence-corrected chi connectivity index (χ4v) is 2.43. The molecule has 6 heteroatoms. The van der Waals surface area contributed by atoms with Gasteiger partial charge < -0.3 is 10.1 Å². The smallest absolute Gasteiger partial charge is 0.298 e. The predicted octanol–water partition coefficient (Wildman–Crippen LogP) is 5.06. The van der Waals surface area contributed by atoms with E-state index in [1.54, 1.807) is 6.07 Å². The molecular weight excluding hydrogens is 309 g/mol. The molecule has 0 radical (unpaired) electrons. The normalized spacial score (nSPS) is 11.7. The van der Waals surface area contributed by atoms with Crippen LogP contribution in [0.2, 0.25) is 0 Å². The van der Waals surface area contributed by atoms with Gasteiger partial charge >= 0.3 is 0 Å². The first kappa shape index (κ1) is 15.9. The molecule has 2 aromatic carbocycles. The van der Waals surface area contributed by atoms with Gasteiger partial charge in [0.05, 0.1) is 11.1 Å². The van der Waals surface area contributed by atoms with Crippen LogP contribution in [0.3, 0.4) is 0 Å². The molecule has 0 saturated carbocycles. The molecule has 1 heterocycles. The number of azo groups is 1. The minimum absolute atomic E-state index is 0.163. The predicted molar refractivity (Wildman–Crippen MR) is 89.3 cm³/mol. The first-order chi connectivity index (χ1) is 11.5. The summed E-state index contributed by atoms with van der Waals surface area (Å²) in [5.74, 6) is -1.35. The van der Waals surface area contributed by atoms with Gasteiger partial charge in [0.15, 0.2) is 5.69 Å². The largest absolute Gasteiger partial charge is 0.493 e. The van der Waals surface area contributed by atoms with Gasteiger partial charge in [-0.25, -0.2) is 4.39 Å². The molecule has 0 saturated heterocycles. The Balaban J connectivity index is 2.00. The van der Waals surface area contributed by atoms with Gasteiger partial charge in [-0.1, -0.05) is 32.0 Å². The number of benzene rings is 2. The number of amides is 1. The van der Waals surface area contributed by atoms with Crippen LogP contribution in [0.15, 0.2) is 52.7 Å². The van der Waals surface area contributed by atoms with Crippen LogP contribution in [0.25, 0.3) is 10.9 Å². The quantitative estimate of drug-likeness (QED) is 0.660. The number of fused-ring (bicyclic) bond motifs is 1. The van der Waals surface area contributed by atoms with E-state index in [-0.39, 0.29) is 17.1 Å². The van der Waals surface area contributed by atoms with Gasteiger partial charge in [0.25, 0.3) is 5.91 Å². The summed E-state index contributed by atoms with van der Waals surface area (Å²) >= 11 is 0. The van der Waals surface area contributed by atoms with Crippen molar-refractivity contribution in [2.24, 2.45) is 10.2 Å². The minimum Gasteiger partial charge on any atom is -0.493 e. The maximum absolute atomic E-state index is 13.6. The van der Waals surface area contributed by atoms with Crippen LogP contribution < -0.4 is 0 Å². The summed E-state index contributed by atoms with van der Waals surface area (Å²) in [7, 11) is 0. The molecular formula is C18H16FN3O2. The van der Waals surface area contributed by atoms with Crippen LogP contribution >= 0.6 is 0 Å². The van der Waals surface area contributed by atoms with Gasteiger partial charge in [-0.05, 0) is 35.7 Å². The number of nitrogens with one attached hydrogen (secondary N) is 1. The minimum atomic E-state index is -0.804. The summed E-state index contributed by atoms with van der Waals surface area (Å²) in [6, 6.07) is 11.2. The summed E-state index contributed by atoms with van der Waals surface area (Å²) in [4.78, 5) is 14.8. The number of aromatic hydroxyl groups is 1. The Bertz CT molecular complexity index is 945. The lowest BCUT2D eigenvalue weighted by Gasteiger charge is -2.04. The topological polar surface area (TPSA) is 77.8 Å².